The standard InChI is InChI=1S/C20H26ClN3O3/c1-20(2,3)27-19(25)22-14-10-15(26-4)12-24(11-14)18-16-8-6-5-7-13(16)9-17(21)23-18/h5-9,14-15H,10-12H2,1-4H3,(H,22,25)/t14-,15+/m0/s1. The summed E-state index contributed by atoms with van der Waals surface area (Å²) in [5, 5.41) is 5.46. The quantitative estimate of drug-likeness (QED) is 0.801. The molecule has 27 heavy (non-hydrogen) atoms. The van der Waals surface area contributed by atoms with Crippen LogP contribution in [0.25, 0.3) is 10.8 Å². The highest BCUT2D eigenvalue weighted by Gasteiger charge is 2.31. The zero-order chi connectivity index (χ0) is 19.6. The summed E-state index contributed by atoms with van der Waals surface area (Å²) in [6, 6.07) is 9.74. The van der Waals surface area contributed by atoms with Crippen LogP contribution in [0.2, 0.25) is 5.15 Å². The molecule has 1 aliphatic heterocycles. The highest BCUT2D eigenvalue weighted by atomic mass is 35.5. The van der Waals surface area contributed by atoms with Crippen molar-refractivity contribution in [3.8, 4) is 0 Å². The van der Waals surface area contributed by atoms with E-state index in [0.717, 1.165) is 16.6 Å². The van der Waals surface area contributed by atoms with Gasteiger partial charge in [0, 0.05) is 25.6 Å². The van der Waals surface area contributed by atoms with Gasteiger partial charge in [0.15, 0.2) is 0 Å². The molecule has 1 fully saturated rings. The lowest BCUT2D eigenvalue weighted by molar-refractivity contribution is 0.0433. The Kier molecular flexibility index (Phi) is 5.77. The van der Waals surface area contributed by atoms with Crippen LogP contribution in [0.3, 0.4) is 0 Å². The van der Waals surface area contributed by atoms with Crippen LogP contribution >= 0.6 is 11.6 Å². The number of nitrogens with zero attached hydrogens (tertiary/aromatic N) is 2. The number of anilines is 1. The number of amides is 1. The number of hydrogen-bond donors (Lipinski definition) is 1. The Morgan fingerprint density at radius 1 is 1.30 bits per heavy atom. The molecule has 3 rings (SSSR count). The maximum atomic E-state index is 12.2. The van der Waals surface area contributed by atoms with E-state index in [2.05, 4.69) is 15.2 Å². The van der Waals surface area contributed by atoms with E-state index >= 15 is 0 Å². The number of rotatable bonds is 3. The summed E-state index contributed by atoms with van der Waals surface area (Å²) in [6.07, 6.45) is 0.261. The average Bonchev–Trinajstić information content (AvgIpc) is 2.58. The van der Waals surface area contributed by atoms with Crippen molar-refractivity contribution < 1.29 is 14.3 Å². The lowest BCUT2D eigenvalue weighted by Crippen LogP contribution is -2.54. The molecule has 7 heteroatoms. The van der Waals surface area contributed by atoms with Gasteiger partial charge in [0.2, 0.25) is 0 Å². The van der Waals surface area contributed by atoms with Crippen molar-refractivity contribution in [3.63, 3.8) is 0 Å². The number of carbonyl (C=O) groups excluding carboxylic acids is 1. The number of aromatic nitrogens is 1. The van der Waals surface area contributed by atoms with Crippen molar-refractivity contribution in [2.75, 3.05) is 25.1 Å². The van der Waals surface area contributed by atoms with Crippen LogP contribution in [-0.2, 0) is 9.47 Å². The molecule has 1 amide bonds. The van der Waals surface area contributed by atoms with Gasteiger partial charge in [0.05, 0.1) is 12.1 Å². The largest absolute Gasteiger partial charge is 0.444 e. The molecular weight excluding hydrogens is 366 g/mol. The van der Waals surface area contributed by atoms with Crippen molar-refractivity contribution in [1.82, 2.24) is 10.3 Å². The van der Waals surface area contributed by atoms with Gasteiger partial charge in [-0.1, -0.05) is 35.9 Å². The molecule has 1 saturated heterocycles. The first-order valence-electron chi connectivity index (χ1n) is 9.07. The molecule has 0 radical (unpaired) electrons. The van der Waals surface area contributed by atoms with E-state index < -0.39 is 11.7 Å². The van der Waals surface area contributed by atoms with Crippen LogP contribution < -0.4 is 10.2 Å². The smallest absolute Gasteiger partial charge is 0.407 e. The number of ether oxygens (including phenoxy) is 2. The molecule has 0 saturated carbocycles. The lowest BCUT2D eigenvalue weighted by Gasteiger charge is -2.38. The Balaban J connectivity index is 1.84. The van der Waals surface area contributed by atoms with Crippen molar-refractivity contribution in [1.29, 1.82) is 0 Å². The fraction of sp³-hybridized carbons (Fsp3) is 0.500. The molecule has 1 N–H and O–H groups in total. The monoisotopic (exact) mass is 391 g/mol. The molecule has 2 aromatic rings. The van der Waals surface area contributed by atoms with E-state index in [-0.39, 0.29) is 12.1 Å². The van der Waals surface area contributed by atoms with Crippen LogP contribution in [-0.4, -0.2) is 49.0 Å². The Bertz CT molecular complexity index is 822. The summed E-state index contributed by atoms with van der Waals surface area (Å²) in [6.45, 7) is 6.83. The van der Waals surface area contributed by atoms with Gasteiger partial charge in [0.25, 0.3) is 0 Å². The molecule has 2 heterocycles. The summed E-state index contributed by atoms with van der Waals surface area (Å²) in [5.41, 5.74) is -0.538. The lowest BCUT2D eigenvalue weighted by atomic mass is 10.0. The minimum absolute atomic E-state index is 0.0294. The molecule has 6 nitrogen and oxygen atoms in total. The third-order valence-electron chi connectivity index (χ3n) is 4.45. The number of piperidine rings is 1. The average molecular weight is 392 g/mol. The van der Waals surface area contributed by atoms with Crippen LogP contribution in [0.5, 0.6) is 0 Å². The van der Waals surface area contributed by atoms with Crippen LogP contribution in [0, 0.1) is 0 Å². The van der Waals surface area contributed by atoms with Crippen molar-refractivity contribution in [2.45, 2.75) is 44.9 Å². The molecule has 146 valence electrons. The first-order valence-corrected chi connectivity index (χ1v) is 9.45. The Labute approximate surface area is 164 Å². The summed E-state index contributed by atoms with van der Waals surface area (Å²) in [7, 11) is 1.68. The number of fused-ring (bicyclic) bond motifs is 1. The van der Waals surface area contributed by atoms with E-state index in [1.807, 2.05) is 51.1 Å². The second kappa shape index (κ2) is 7.90. The number of alkyl carbamates (subject to hydrolysis) is 1. The fourth-order valence-corrected chi connectivity index (χ4v) is 3.56. The predicted octanol–water partition coefficient (Wildman–Crippen LogP) is 4.01. The second-order valence-corrected chi connectivity index (χ2v) is 8.22. The molecule has 1 aromatic carbocycles. The van der Waals surface area contributed by atoms with E-state index in [4.69, 9.17) is 21.1 Å². The number of halogens is 1. The molecular formula is C20H26ClN3O3. The van der Waals surface area contributed by atoms with Gasteiger partial charge < -0.3 is 19.7 Å². The highest BCUT2D eigenvalue weighted by Crippen LogP contribution is 2.30. The first kappa shape index (κ1) is 19.7. The minimum atomic E-state index is -0.538. The minimum Gasteiger partial charge on any atom is -0.444 e. The van der Waals surface area contributed by atoms with Gasteiger partial charge >= 0.3 is 6.09 Å². The Hall–Kier alpha value is -2.05. The second-order valence-electron chi connectivity index (χ2n) is 7.83. The van der Waals surface area contributed by atoms with Crippen LogP contribution in [0.15, 0.2) is 30.3 Å². The molecule has 0 aliphatic carbocycles. The highest BCUT2D eigenvalue weighted by molar-refractivity contribution is 6.30. The van der Waals surface area contributed by atoms with Gasteiger partial charge in [-0.15, -0.1) is 0 Å². The zero-order valence-electron chi connectivity index (χ0n) is 16.2. The number of methoxy groups -OCH3 is 1. The third-order valence-corrected chi connectivity index (χ3v) is 4.65. The topological polar surface area (TPSA) is 63.7 Å². The first-order chi connectivity index (χ1) is 12.7. The molecule has 1 aromatic heterocycles. The summed E-state index contributed by atoms with van der Waals surface area (Å²) in [4.78, 5) is 18.9. The van der Waals surface area contributed by atoms with Crippen LogP contribution in [0.4, 0.5) is 10.6 Å². The van der Waals surface area contributed by atoms with E-state index in [1.54, 1.807) is 7.11 Å². The van der Waals surface area contributed by atoms with Gasteiger partial charge in [-0.05, 0) is 38.6 Å². The van der Waals surface area contributed by atoms with E-state index in [0.29, 0.717) is 24.7 Å². The number of carbonyl (C=O) groups is 1. The van der Waals surface area contributed by atoms with Crippen molar-refractivity contribution >= 4 is 34.3 Å². The maximum absolute atomic E-state index is 12.2. The molecule has 2 atom stereocenters. The number of hydrogen-bond acceptors (Lipinski definition) is 5. The molecule has 0 spiro atoms. The molecule has 0 bridgehead atoms. The number of benzene rings is 1. The number of nitrogens with one attached hydrogen (secondary N) is 1. The molecule has 1 aliphatic rings. The SMILES string of the molecule is CO[C@@H]1C[C@H](NC(=O)OC(C)(C)C)CN(c2nc(Cl)cc3ccccc23)C1. The normalized spacial score (nSPS) is 20.6. The van der Waals surface area contributed by atoms with Crippen molar-refractivity contribution in [3.05, 3.63) is 35.5 Å². The summed E-state index contributed by atoms with van der Waals surface area (Å²) in [5.74, 6) is 0.802. The Morgan fingerprint density at radius 2 is 2.04 bits per heavy atom. The fourth-order valence-electron chi connectivity index (χ4n) is 3.36. The van der Waals surface area contributed by atoms with Gasteiger partial charge in [0.1, 0.15) is 16.6 Å². The van der Waals surface area contributed by atoms with Gasteiger partial charge in [-0.3, -0.25) is 0 Å². The van der Waals surface area contributed by atoms with Crippen molar-refractivity contribution in [2.24, 2.45) is 0 Å². The van der Waals surface area contributed by atoms with E-state index in [9.17, 15) is 4.79 Å². The van der Waals surface area contributed by atoms with Crippen LogP contribution in [0.1, 0.15) is 27.2 Å². The molecule has 0 unspecified atom stereocenters. The predicted molar refractivity (Wildman–Crippen MR) is 108 cm³/mol. The zero-order valence-corrected chi connectivity index (χ0v) is 16.9. The van der Waals surface area contributed by atoms with Gasteiger partial charge in [-0.25, -0.2) is 9.78 Å². The third kappa shape index (κ3) is 5.02. The number of pyridine rings is 1. The maximum Gasteiger partial charge on any atom is 0.407 e. The summed E-state index contributed by atoms with van der Waals surface area (Å²) < 4.78 is 11.0. The summed E-state index contributed by atoms with van der Waals surface area (Å²) >= 11 is 6.25. The van der Waals surface area contributed by atoms with Gasteiger partial charge in [-0.2, -0.15) is 0 Å². The Morgan fingerprint density at radius 3 is 2.74 bits per heavy atom. The van der Waals surface area contributed by atoms with E-state index in [1.165, 1.54) is 0 Å².